The second-order valence-electron chi connectivity index (χ2n) is 8.34. The fourth-order valence-corrected chi connectivity index (χ4v) is 4.36. The smallest absolute Gasteiger partial charge is 0.241 e. The van der Waals surface area contributed by atoms with E-state index in [1.165, 1.54) is 11.1 Å². The zero-order valence-corrected chi connectivity index (χ0v) is 16.7. The van der Waals surface area contributed by atoms with Gasteiger partial charge in [0.1, 0.15) is 0 Å². The molecule has 0 unspecified atom stereocenters. The molecule has 144 valence electrons. The summed E-state index contributed by atoms with van der Waals surface area (Å²) < 4.78 is 5.37. The van der Waals surface area contributed by atoms with Crippen molar-refractivity contribution in [1.29, 1.82) is 0 Å². The number of carbonyl (C=O) groups is 1. The van der Waals surface area contributed by atoms with E-state index in [1.807, 2.05) is 4.90 Å². The molecule has 2 aliphatic rings. The van der Waals surface area contributed by atoms with Crippen molar-refractivity contribution >= 4 is 11.6 Å². The van der Waals surface area contributed by atoms with Gasteiger partial charge in [-0.2, -0.15) is 0 Å². The molecule has 0 saturated carbocycles. The quantitative estimate of drug-likeness (QED) is 0.821. The Morgan fingerprint density at radius 1 is 1.31 bits per heavy atom. The summed E-state index contributed by atoms with van der Waals surface area (Å²) in [4.78, 5) is 17.4. The molecule has 1 aromatic rings. The molecule has 1 saturated heterocycles. The van der Waals surface area contributed by atoms with Gasteiger partial charge in [-0.05, 0) is 44.7 Å². The van der Waals surface area contributed by atoms with Crippen molar-refractivity contribution in [2.75, 3.05) is 50.8 Å². The maximum atomic E-state index is 13.0. The van der Waals surface area contributed by atoms with Crippen LogP contribution >= 0.6 is 0 Å². The summed E-state index contributed by atoms with van der Waals surface area (Å²) in [7, 11) is 0. The zero-order chi connectivity index (χ0) is 18.7. The van der Waals surface area contributed by atoms with Gasteiger partial charge in [0.25, 0.3) is 0 Å². The second kappa shape index (κ2) is 8.07. The van der Waals surface area contributed by atoms with Gasteiger partial charge in [0.05, 0.1) is 19.8 Å². The predicted octanol–water partition coefficient (Wildman–Crippen LogP) is 2.54. The number of ether oxygens (including phenoxy) is 1. The Kier molecular flexibility index (Phi) is 6.00. The van der Waals surface area contributed by atoms with Crippen LogP contribution in [-0.4, -0.2) is 62.3 Å². The van der Waals surface area contributed by atoms with Crippen LogP contribution in [0.25, 0.3) is 0 Å². The molecular formula is C21H33N3O2. The summed E-state index contributed by atoms with van der Waals surface area (Å²) in [6, 6.07) is 6.47. The van der Waals surface area contributed by atoms with Gasteiger partial charge >= 0.3 is 0 Å². The third kappa shape index (κ3) is 4.27. The second-order valence-corrected chi connectivity index (χ2v) is 8.34. The number of aryl methyl sites for hydroxylation is 1. The Morgan fingerprint density at radius 2 is 2.04 bits per heavy atom. The lowest BCUT2D eigenvalue weighted by atomic mass is 9.79. The number of amides is 1. The lowest BCUT2D eigenvalue weighted by Crippen LogP contribution is -2.54. The van der Waals surface area contributed by atoms with Gasteiger partial charge in [0, 0.05) is 37.4 Å². The van der Waals surface area contributed by atoms with Crippen molar-refractivity contribution in [3.63, 3.8) is 0 Å². The van der Waals surface area contributed by atoms with Gasteiger partial charge in [-0.25, -0.2) is 0 Å². The maximum Gasteiger partial charge on any atom is 0.241 e. The molecule has 2 aliphatic heterocycles. The summed E-state index contributed by atoms with van der Waals surface area (Å²) in [5, 5.41) is 3.35. The van der Waals surface area contributed by atoms with E-state index < -0.39 is 0 Å². The van der Waals surface area contributed by atoms with E-state index in [1.54, 1.807) is 0 Å². The normalized spacial score (nSPS) is 22.9. The van der Waals surface area contributed by atoms with Crippen molar-refractivity contribution in [2.24, 2.45) is 0 Å². The number of anilines is 1. The third-order valence-corrected chi connectivity index (χ3v) is 5.60. The molecule has 0 radical (unpaired) electrons. The lowest BCUT2D eigenvalue weighted by Gasteiger charge is -2.46. The first kappa shape index (κ1) is 19.3. The van der Waals surface area contributed by atoms with Crippen LogP contribution in [-0.2, 0) is 9.53 Å². The summed E-state index contributed by atoms with van der Waals surface area (Å²) in [5.41, 5.74) is 3.47. The summed E-state index contributed by atoms with van der Waals surface area (Å²) in [5.74, 6) is 0.632. The van der Waals surface area contributed by atoms with Gasteiger partial charge in [-0.3, -0.25) is 9.69 Å². The molecule has 1 aromatic carbocycles. The van der Waals surface area contributed by atoms with E-state index in [0.29, 0.717) is 12.5 Å². The number of nitrogens with zero attached hydrogens (tertiary/aromatic N) is 2. The molecule has 3 rings (SSSR count). The minimum atomic E-state index is -0.162. The zero-order valence-electron chi connectivity index (χ0n) is 16.7. The number of hydrogen-bond acceptors (Lipinski definition) is 4. The first-order valence-corrected chi connectivity index (χ1v) is 9.83. The number of rotatable bonds is 5. The molecule has 0 aromatic heterocycles. The van der Waals surface area contributed by atoms with Gasteiger partial charge in [-0.15, -0.1) is 0 Å². The summed E-state index contributed by atoms with van der Waals surface area (Å²) in [6.07, 6.45) is 0.989. The van der Waals surface area contributed by atoms with Gasteiger partial charge < -0.3 is 15.0 Å². The van der Waals surface area contributed by atoms with Crippen molar-refractivity contribution < 1.29 is 9.53 Å². The highest BCUT2D eigenvalue weighted by Gasteiger charge is 2.39. The van der Waals surface area contributed by atoms with Crippen molar-refractivity contribution in [2.45, 2.75) is 45.6 Å². The van der Waals surface area contributed by atoms with Crippen molar-refractivity contribution in [1.82, 2.24) is 10.2 Å². The largest absolute Gasteiger partial charge is 0.379 e. The monoisotopic (exact) mass is 359 g/mol. The first-order chi connectivity index (χ1) is 12.4. The Labute approximate surface area is 157 Å². The van der Waals surface area contributed by atoms with Crippen LogP contribution < -0.4 is 10.2 Å². The summed E-state index contributed by atoms with van der Waals surface area (Å²) >= 11 is 0. The average Bonchev–Trinajstić information content (AvgIpc) is 2.59. The molecule has 1 amide bonds. The molecule has 26 heavy (non-hydrogen) atoms. The highest BCUT2D eigenvalue weighted by molar-refractivity contribution is 5.97. The molecule has 2 heterocycles. The van der Waals surface area contributed by atoms with Gasteiger partial charge in [0.15, 0.2) is 0 Å². The molecule has 0 bridgehead atoms. The Morgan fingerprint density at radius 3 is 2.77 bits per heavy atom. The lowest BCUT2D eigenvalue weighted by molar-refractivity contribution is -0.119. The van der Waals surface area contributed by atoms with Crippen LogP contribution in [0.15, 0.2) is 18.2 Å². The number of carbonyl (C=O) groups excluding carboxylic acids is 1. The average molecular weight is 360 g/mol. The van der Waals surface area contributed by atoms with E-state index in [-0.39, 0.29) is 11.4 Å². The fraction of sp³-hybridized carbons (Fsp3) is 0.667. The molecule has 1 N–H and O–H groups in total. The van der Waals surface area contributed by atoms with E-state index in [4.69, 9.17) is 4.74 Å². The predicted molar refractivity (Wildman–Crippen MR) is 106 cm³/mol. The Balaban J connectivity index is 1.62. The van der Waals surface area contributed by atoms with E-state index in [2.05, 4.69) is 56.1 Å². The molecule has 0 aliphatic carbocycles. The minimum Gasteiger partial charge on any atom is -0.379 e. The molecule has 1 fully saturated rings. The summed E-state index contributed by atoms with van der Waals surface area (Å²) in [6.45, 7) is 14.5. The minimum absolute atomic E-state index is 0.161. The Hall–Kier alpha value is -1.43. The van der Waals surface area contributed by atoms with Crippen LogP contribution in [0.2, 0.25) is 0 Å². The number of hydrogen-bond donors (Lipinski definition) is 1. The Bertz CT molecular complexity index is 638. The van der Waals surface area contributed by atoms with E-state index in [9.17, 15) is 4.79 Å². The maximum absolute atomic E-state index is 13.0. The van der Waals surface area contributed by atoms with E-state index >= 15 is 0 Å². The molecule has 1 atom stereocenters. The fourth-order valence-electron chi connectivity index (χ4n) is 4.36. The first-order valence-electron chi connectivity index (χ1n) is 9.83. The number of benzene rings is 1. The number of nitrogens with one attached hydrogen (secondary N) is 1. The molecular weight excluding hydrogens is 326 g/mol. The third-order valence-electron chi connectivity index (χ3n) is 5.60. The highest BCUT2D eigenvalue weighted by atomic mass is 16.5. The molecule has 0 spiro atoms. The van der Waals surface area contributed by atoms with Crippen molar-refractivity contribution in [3.05, 3.63) is 29.3 Å². The van der Waals surface area contributed by atoms with Gasteiger partial charge in [0.2, 0.25) is 5.91 Å². The van der Waals surface area contributed by atoms with Crippen LogP contribution in [0.4, 0.5) is 5.69 Å². The van der Waals surface area contributed by atoms with Crippen LogP contribution in [0, 0.1) is 6.92 Å². The van der Waals surface area contributed by atoms with Crippen LogP contribution in [0.1, 0.15) is 44.2 Å². The topological polar surface area (TPSA) is 44.8 Å². The molecule has 5 heteroatoms. The standard InChI is InChI=1S/C21H33N3O2/c1-16-5-6-19-18(13-16)17(2)14-21(3,4)24(19)20(25)15-22-7-8-23-9-11-26-12-10-23/h5-6,13,17,22H,7-12,14-15H2,1-4H3/t17-/m0/s1. The molecule has 5 nitrogen and oxygen atoms in total. The number of fused-ring (bicyclic) bond motifs is 1. The van der Waals surface area contributed by atoms with Crippen LogP contribution in [0.3, 0.4) is 0 Å². The SMILES string of the molecule is Cc1ccc2c(c1)[C@@H](C)CC(C)(C)N2C(=O)CNCCN1CCOCC1. The van der Waals surface area contributed by atoms with Gasteiger partial charge in [-0.1, -0.05) is 24.6 Å². The van der Waals surface area contributed by atoms with E-state index in [0.717, 1.165) is 51.5 Å². The van der Waals surface area contributed by atoms with Crippen molar-refractivity contribution in [3.8, 4) is 0 Å². The van der Waals surface area contributed by atoms with Crippen LogP contribution in [0.5, 0.6) is 0 Å². The highest BCUT2D eigenvalue weighted by Crippen LogP contribution is 2.43. The number of morpholine rings is 1.